The molecule has 0 saturated heterocycles. The summed E-state index contributed by atoms with van der Waals surface area (Å²) in [4.78, 5) is 10.4. The van der Waals surface area contributed by atoms with Crippen LogP contribution in [-0.2, 0) is 5.88 Å². The Bertz CT molecular complexity index is 661. The van der Waals surface area contributed by atoms with E-state index in [1.54, 1.807) is 18.2 Å². The summed E-state index contributed by atoms with van der Waals surface area (Å²) >= 11 is 17.7. The molecular weight excluding hydrogens is 325 g/mol. The number of nitro groups is 1. The van der Waals surface area contributed by atoms with Gasteiger partial charge < -0.3 is 4.74 Å². The van der Waals surface area contributed by atoms with E-state index in [1.165, 1.54) is 18.2 Å². The Morgan fingerprint density at radius 3 is 2.55 bits per heavy atom. The van der Waals surface area contributed by atoms with Crippen LogP contribution in [-0.4, -0.2) is 4.92 Å². The summed E-state index contributed by atoms with van der Waals surface area (Å²) in [6, 6.07) is 9.05. The van der Waals surface area contributed by atoms with E-state index >= 15 is 0 Å². The van der Waals surface area contributed by atoms with Crippen LogP contribution in [0.3, 0.4) is 0 Å². The molecule has 2 aromatic carbocycles. The van der Waals surface area contributed by atoms with E-state index in [1.807, 2.05) is 0 Å². The quantitative estimate of drug-likeness (QED) is 0.426. The second kappa shape index (κ2) is 6.31. The minimum atomic E-state index is -0.545. The first-order valence-corrected chi connectivity index (χ1v) is 6.77. The number of alkyl halides is 1. The maximum atomic E-state index is 11.0. The van der Waals surface area contributed by atoms with Gasteiger partial charge >= 0.3 is 5.69 Å². The van der Waals surface area contributed by atoms with Crippen LogP contribution in [0, 0.1) is 10.1 Å². The number of ether oxygens (including phenoxy) is 1. The third-order valence-electron chi connectivity index (χ3n) is 2.55. The van der Waals surface area contributed by atoms with Gasteiger partial charge in [0.1, 0.15) is 5.75 Å². The van der Waals surface area contributed by atoms with Crippen molar-refractivity contribution in [3.63, 3.8) is 0 Å². The van der Waals surface area contributed by atoms with E-state index in [0.717, 1.165) is 0 Å². The van der Waals surface area contributed by atoms with Crippen LogP contribution in [0.25, 0.3) is 0 Å². The van der Waals surface area contributed by atoms with E-state index < -0.39 is 4.92 Å². The summed E-state index contributed by atoms with van der Waals surface area (Å²) in [6.45, 7) is 0. The van der Waals surface area contributed by atoms with Crippen molar-refractivity contribution in [2.75, 3.05) is 0 Å². The fourth-order valence-electron chi connectivity index (χ4n) is 1.60. The zero-order valence-electron chi connectivity index (χ0n) is 9.98. The molecule has 4 nitrogen and oxygen atoms in total. The third-order valence-corrected chi connectivity index (χ3v) is 3.40. The minimum absolute atomic E-state index is 0.0381. The van der Waals surface area contributed by atoms with Crippen molar-refractivity contribution in [1.82, 2.24) is 0 Å². The summed E-state index contributed by atoms with van der Waals surface area (Å²) in [5.74, 6) is 0.526. The van der Waals surface area contributed by atoms with Crippen LogP contribution < -0.4 is 4.74 Å². The zero-order valence-corrected chi connectivity index (χ0v) is 12.2. The Hall–Kier alpha value is -1.49. The molecule has 0 heterocycles. The Balaban J connectivity index is 2.47. The van der Waals surface area contributed by atoms with Crippen LogP contribution in [0.5, 0.6) is 11.5 Å². The van der Waals surface area contributed by atoms with Gasteiger partial charge in [-0.25, -0.2) is 0 Å². The fourth-order valence-corrected chi connectivity index (χ4v) is 2.34. The van der Waals surface area contributed by atoms with Gasteiger partial charge in [0.15, 0.2) is 0 Å². The molecule has 20 heavy (non-hydrogen) atoms. The van der Waals surface area contributed by atoms with E-state index in [2.05, 4.69) is 0 Å². The van der Waals surface area contributed by atoms with Gasteiger partial charge in [0.05, 0.1) is 10.8 Å². The molecule has 0 amide bonds. The zero-order chi connectivity index (χ0) is 14.7. The van der Waals surface area contributed by atoms with Crippen molar-refractivity contribution in [2.24, 2.45) is 0 Å². The van der Waals surface area contributed by atoms with Gasteiger partial charge in [-0.3, -0.25) is 10.1 Å². The smallest absolute Gasteiger partial charge is 0.311 e. The Morgan fingerprint density at radius 1 is 1.15 bits per heavy atom. The average Bonchev–Trinajstić information content (AvgIpc) is 2.38. The minimum Gasteiger partial charge on any atom is -0.450 e. The van der Waals surface area contributed by atoms with Crippen molar-refractivity contribution in [3.8, 4) is 11.5 Å². The lowest BCUT2D eigenvalue weighted by atomic mass is 10.2. The Labute approximate surface area is 130 Å². The van der Waals surface area contributed by atoms with Crippen molar-refractivity contribution < 1.29 is 9.66 Å². The molecule has 104 valence electrons. The van der Waals surface area contributed by atoms with Gasteiger partial charge in [0.2, 0.25) is 5.75 Å². The molecule has 0 unspecified atom stereocenters. The number of nitrogens with zero attached hydrogens (tertiary/aromatic N) is 1. The molecule has 0 aliphatic heterocycles. The molecule has 0 bridgehead atoms. The van der Waals surface area contributed by atoms with Crippen molar-refractivity contribution in [2.45, 2.75) is 5.88 Å². The highest BCUT2D eigenvalue weighted by molar-refractivity contribution is 6.32. The summed E-state index contributed by atoms with van der Waals surface area (Å²) in [7, 11) is 0. The standard InChI is InChI=1S/C13H8Cl3NO3/c14-7-9-10(16)2-1-3-12(9)20-13-6-8(15)4-5-11(13)17(18)19/h1-6H,7H2. The van der Waals surface area contributed by atoms with Gasteiger partial charge in [-0.15, -0.1) is 11.6 Å². The van der Waals surface area contributed by atoms with E-state index in [9.17, 15) is 10.1 Å². The highest BCUT2D eigenvalue weighted by atomic mass is 35.5. The highest BCUT2D eigenvalue weighted by Crippen LogP contribution is 2.37. The number of hydrogen-bond donors (Lipinski definition) is 0. The summed E-state index contributed by atoms with van der Waals surface area (Å²) in [5, 5.41) is 11.7. The van der Waals surface area contributed by atoms with E-state index in [0.29, 0.717) is 21.4 Å². The molecule has 0 N–H and O–H groups in total. The fraction of sp³-hybridized carbons (Fsp3) is 0.0769. The van der Waals surface area contributed by atoms with Gasteiger partial charge in [-0.1, -0.05) is 29.3 Å². The molecule has 0 fully saturated rings. The molecule has 0 saturated carbocycles. The molecule has 7 heteroatoms. The predicted molar refractivity (Wildman–Crippen MR) is 79.2 cm³/mol. The van der Waals surface area contributed by atoms with Crippen LogP contribution in [0.4, 0.5) is 5.69 Å². The average molecular weight is 333 g/mol. The molecule has 0 atom stereocenters. The van der Waals surface area contributed by atoms with Crippen molar-refractivity contribution in [1.29, 1.82) is 0 Å². The topological polar surface area (TPSA) is 52.4 Å². The van der Waals surface area contributed by atoms with E-state index in [-0.39, 0.29) is 17.3 Å². The summed E-state index contributed by atoms with van der Waals surface area (Å²) < 4.78 is 5.56. The molecule has 0 radical (unpaired) electrons. The van der Waals surface area contributed by atoms with Gasteiger partial charge in [0, 0.05) is 27.7 Å². The summed E-state index contributed by atoms with van der Waals surface area (Å²) in [5.41, 5.74) is 0.375. The third kappa shape index (κ3) is 3.15. The Kier molecular flexibility index (Phi) is 4.70. The lowest BCUT2D eigenvalue weighted by molar-refractivity contribution is -0.385. The van der Waals surface area contributed by atoms with Crippen LogP contribution in [0.1, 0.15) is 5.56 Å². The predicted octanol–water partition coefficient (Wildman–Crippen LogP) is 5.43. The molecule has 0 aromatic heterocycles. The van der Waals surface area contributed by atoms with E-state index in [4.69, 9.17) is 39.5 Å². The van der Waals surface area contributed by atoms with Crippen molar-refractivity contribution >= 4 is 40.5 Å². The summed E-state index contributed by atoms with van der Waals surface area (Å²) in [6.07, 6.45) is 0. The maximum absolute atomic E-state index is 11.0. The molecule has 0 aliphatic rings. The maximum Gasteiger partial charge on any atom is 0.311 e. The van der Waals surface area contributed by atoms with Crippen LogP contribution in [0.2, 0.25) is 10.0 Å². The number of hydrogen-bond acceptors (Lipinski definition) is 3. The van der Waals surface area contributed by atoms with Crippen LogP contribution >= 0.6 is 34.8 Å². The first kappa shape index (κ1) is 14.9. The highest BCUT2D eigenvalue weighted by Gasteiger charge is 2.18. The molecule has 0 spiro atoms. The number of rotatable bonds is 4. The van der Waals surface area contributed by atoms with Crippen molar-refractivity contribution in [3.05, 3.63) is 62.1 Å². The SMILES string of the molecule is O=[N+]([O-])c1ccc(Cl)cc1Oc1cccc(Cl)c1CCl. The second-order valence-corrected chi connectivity index (χ2v) is 4.93. The molecule has 2 rings (SSSR count). The molecule has 0 aliphatic carbocycles. The number of nitro benzene ring substituents is 1. The molecular formula is C13H8Cl3NO3. The monoisotopic (exact) mass is 331 g/mol. The second-order valence-electron chi connectivity index (χ2n) is 3.82. The van der Waals surface area contributed by atoms with Gasteiger partial charge in [-0.05, 0) is 18.2 Å². The number of benzene rings is 2. The largest absolute Gasteiger partial charge is 0.450 e. The number of halogens is 3. The normalized spacial score (nSPS) is 10.3. The molecule has 2 aromatic rings. The Morgan fingerprint density at radius 2 is 1.90 bits per heavy atom. The van der Waals surface area contributed by atoms with Gasteiger partial charge in [0.25, 0.3) is 0 Å². The lowest BCUT2D eigenvalue weighted by Crippen LogP contribution is -1.95. The van der Waals surface area contributed by atoms with Crippen LogP contribution in [0.15, 0.2) is 36.4 Å². The first-order valence-electron chi connectivity index (χ1n) is 5.48. The first-order chi connectivity index (χ1) is 9.52. The lowest BCUT2D eigenvalue weighted by Gasteiger charge is -2.11. The van der Waals surface area contributed by atoms with Gasteiger partial charge in [-0.2, -0.15) is 0 Å².